The smallest absolute Gasteiger partial charge is 0.133 e. The van der Waals surface area contributed by atoms with Crippen molar-refractivity contribution in [2.24, 2.45) is 0 Å². The predicted octanol–water partition coefficient (Wildman–Crippen LogP) is 3.31. The van der Waals surface area contributed by atoms with Gasteiger partial charge in [-0.25, -0.2) is 4.68 Å². The van der Waals surface area contributed by atoms with Crippen molar-refractivity contribution in [2.45, 2.75) is 12.2 Å². The monoisotopic (exact) mass is 371 g/mol. The van der Waals surface area contributed by atoms with Crippen LogP contribution in [0.4, 0.5) is 5.82 Å². The predicted molar refractivity (Wildman–Crippen MR) is 85.7 cm³/mol. The van der Waals surface area contributed by atoms with Gasteiger partial charge in [-0.2, -0.15) is 16.9 Å². The third-order valence-electron chi connectivity index (χ3n) is 3.09. The van der Waals surface area contributed by atoms with Gasteiger partial charge in [-0.3, -0.25) is 0 Å². The number of thioether (sulfide) groups is 1. The van der Waals surface area contributed by atoms with E-state index in [-0.39, 0.29) is 0 Å². The number of fused-ring (bicyclic) bond motifs is 1. The standard InChI is InChI=1S/C13H14IN3S/c1-18-8-12-11-6-7-15-13(11)17(16-12)10-4-2-9(14)3-5-10/h2-5,15H,6-8H2,1H3. The van der Waals surface area contributed by atoms with Gasteiger partial charge in [0.25, 0.3) is 0 Å². The lowest BCUT2D eigenvalue weighted by atomic mass is 10.2. The summed E-state index contributed by atoms with van der Waals surface area (Å²) in [5.74, 6) is 2.17. The van der Waals surface area contributed by atoms with Crippen molar-refractivity contribution in [2.75, 3.05) is 18.1 Å². The Morgan fingerprint density at radius 1 is 1.39 bits per heavy atom. The Bertz CT molecular complexity index is 562. The summed E-state index contributed by atoms with van der Waals surface area (Å²) in [6.45, 7) is 1.03. The SMILES string of the molecule is CSCc1nn(-c2ccc(I)cc2)c2c1CCN2. The summed E-state index contributed by atoms with van der Waals surface area (Å²) in [6.07, 6.45) is 3.22. The van der Waals surface area contributed by atoms with Gasteiger partial charge in [0.2, 0.25) is 0 Å². The lowest BCUT2D eigenvalue weighted by Crippen LogP contribution is -2.04. The van der Waals surface area contributed by atoms with E-state index in [1.54, 1.807) is 0 Å². The Hall–Kier alpha value is -0.690. The van der Waals surface area contributed by atoms with E-state index in [1.165, 1.54) is 20.6 Å². The second kappa shape index (κ2) is 5.13. The number of anilines is 1. The minimum atomic E-state index is 0.987. The van der Waals surface area contributed by atoms with Gasteiger partial charge < -0.3 is 5.32 Å². The van der Waals surface area contributed by atoms with Gasteiger partial charge >= 0.3 is 0 Å². The Morgan fingerprint density at radius 3 is 2.89 bits per heavy atom. The molecule has 0 saturated heterocycles. The zero-order valence-corrected chi connectivity index (χ0v) is 13.1. The van der Waals surface area contributed by atoms with Crippen LogP contribution in [0.1, 0.15) is 11.3 Å². The molecule has 1 N–H and O–H groups in total. The first-order valence-corrected chi connectivity index (χ1v) is 8.36. The fourth-order valence-electron chi connectivity index (χ4n) is 2.27. The van der Waals surface area contributed by atoms with E-state index in [0.29, 0.717) is 0 Å². The summed E-state index contributed by atoms with van der Waals surface area (Å²) < 4.78 is 3.29. The van der Waals surface area contributed by atoms with Gasteiger partial charge in [-0.05, 0) is 59.5 Å². The van der Waals surface area contributed by atoms with Gasteiger partial charge in [0.05, 0.1) is 11.4 Å². The molecule has 0 atom stereocenters. The molecule has 1 aliphatic heterocycles. The van der Waals surface area contributed by atoms with Crippen molar-refractivity contribution >= 4 is 40.2 Å². The first-order chi connectivity index (χ1) is 8.79. The minimum absolute atomic E-state index is 0.987. The van der Waals surface area contributed by atoms with Gasteiger partial charge in [-0.15, -0.1) is 0 Å². The van der Waals surface area contributed by atoms with Crippen LogP contribution in [0.25, 0.3) is 5.69 Å². The molecule has 2 heterocycles. The number of nitrogens with zero attached hydrogens (tertiary/aromatic N) is 2. The number of rotatable bonds is 3. The van der Waals surface area contributed by atoms with Crippen molar-refractivity contribution in [3.8, 4) is 5.69 Å². The summed E-state index contributed by atoms with van der Waals surface area (Å²) in [6, 6.07) is 8.48. The third-order valence-corrected chi connectivity index (χ3v) is 4.37. The molecule has 1 aliphatic rings. The average Bonchev–Trinajstić information content (AvgIpc) is 2.95. The molecular formula is C13H14IN3S. The molecule has 0 bridgehead atoms. The molecule has 0 saturated carbocycles. The number of halogens is 1. The first kappa shape index (κ1) is 12.3. The highest BCUT2D eigenvalue weighted by molar-refractivity contribution is 14.1. The van der Waals surface area contributed by atoms with Crippen molar-refractivity contribution in [1.82, 2.24) is 9.78 Å². The molecule has 1 aromatic heterocycles. The highest BCUT2D eigenvalue weighted by atomic mass is 127. The van der Waals surface area contributed by atoms with E-state index in [4.69, 9.17) is 5.10 Å². The fourth-order valence-corrected chi connectivity index (χ4v) is 3.13. The van der Waals surface area contributed by atoms with Crippen LogP contribution >= 0.6 is 34.4 Å². The number of benzene rings is 1. The Kier molecular flexibility index (Phi) is 3.52. The quantitative estimate of drug-likeness (QED) is 0.840. The minimum Gasteiger partial charge on any atom is -0.369 e. The van der Waals surface area contributed by atoms with Crippen LogP contribution in [0.5, 0.6) is 0 Å². The second-order valence-electron chi connectivity index (χ2n) is 4.27. The van der Waals surface area contributed by atoms with Crippen LogP contribution in [0.2, 0.25) is 0 Å². The molecule has 94 valence electrons. The van der Waals surface area contributed by atoms with Crippen LogP contribution in [-0.4, -0.2) is 22.6 Å². The number of nitrogens with one attached hydrogen (secondary N) is 1. The molecule has 0 aliphatic carbocycles. The average molecular weight is 371 g/mol. The van der Waals surface area contributed by atoms with E-state index in [9.17, 15) is 0 Å². The van der Waals surface area contributed by atoms with Crippen LogP contribution in [0, 0.1) is 3.57 Å². The molecule has 1 aromatic carbocycles. The summed E-state index contributed by atoms with van der Waals surface area (Å²) in [7, 11) is 0. The van der Waals surface area contributed by atoms with Gasteiger partial charge in [0, 0.05) is 21.4 Å². The lowest BCUT2D eigenvalue weighted by molar-refractivity contribution is 0.853. The number of hydrogen-bond acceptors (Lipinski definition) is 3. The lowest BCUT2D eigenvalue weighted by Gasteiger charge is -2.06. The third kappa shape index (κ3) is 2.14. The zero-order valence-electron chi connectivity index (χ0n) is 10.1. The normalized spacial score (nSPS) is 13.4. The van der Waals surface area contributed by atoms with E-state index < -0.39 is 0 Å². The van der Waals surface area contributed by atoms with E-state index in [0.717, 1.165) is 24.4 Å². The zero-order chi connectivity index (χ0) is 12.5. The number of hydrogen-bond donors (Lipinski definition) is 1. The van der Waals surface area contributed by atoms with E-state index in [2.05, 4.69) is 58.4 Å². The van der Waals surface area contributed by atoms with E-state index >= 15 is 0 Å². The maximum atomic E-state index is 4.75. The van der Waals surface area contributed by atoms with Crippen molar-refractivity contribution in [3.63, 3.8) is 0 Å². The van der Waals surface area contributed by atoms with Crippen molar-refractivity contribution < 1.29 is 0 Å². The van der Waals surface area contributed by atoms with Crippen LogP contribution in [0.15, 0.2) is 24.3 Å². The second-order valence-corrected chi connectivity index (χ2v) is 6.38. The summed E-state index contributed by atoms with van der Waals surface area (Å²) in [5, 5.41) is 8.20. The molecule has 0 fully saturated rings. The summed E-state index contributed by atoms with van der Waals surface area (Å²) in [4.78, 5) is 0. The molecule has 5 heteroatoms. The molecule has 0 radical (unpaired) electrons. The molecule has 3 nitrogen and oxygen atoms in total. The molecule has 0 spiro atoms. The van der Waals surface area contributed by atoms with Crippen LogP contribution < -0.4 is 5.32 Å². The van der Waals surface area contributed by atoms with E-state index in [1.807, 2.05) is 16.4 Å². The summed E-state index contributed by atoms with van der Waals surface area (Å²) in [5.41, 5.74) is 3.75. The van der Waals surface area contributed by atoms with Gasteiger partial charge in [-0.1, -0.05) is 0 Å². The maximum absolute atomic E-state index is 4.75. The van der Waals surface area contributed by atoms with Crippen molar-refractivity contribution in [3.05, 3.63) is 39.1 Å². The van der Waals surface area contributed by atoms with Crippen molar-refractivity contribution in [1.29, 1.82) is 0 Å². The highest BCUT2D eigenvalue weighted by Gasteiger charge is 2.22. The maximum Gasteiger partial charge on any atom is 0.133 e. The Morgan fingerprint density at radius 2 is 2.17 bits per heavy atom. The molecule has 3 rings (SSSR count). The molecule has 0 amide bonds. The largest absolute Gasteiger partial charge is 0.369 e. The highest BCUT2D eigenvalue weighted by Crippen LogP contribution is 2.30. The molecule has 18 heavy (non-hydrogen) atoms. The van der Waals surface area contributed by atoms with Crippen LogP contribution in [0.3, 0.4) is 0 Å². The Balaban J connectivity index is 2.07. The first-order valence-electron chi connectivity index (χ1n) is 5.89. The summed E-state index contributed by atoms with van der Waals surface area (Å²) >= 11 is 4.15. The topological polar surface area (TPSA) is 29.9 Å². The van der Waals surface area contributed by atoms with Gasteiger partial charge in [0.1, 0.15) is 5.82 Å². The number of aromatic nitrogens is 2. The fraction of sp³-hybridized carbons (Fsp3) is 0.308. The molecular weight excluding hydrogens is 357 g/mol. The van der Waals surface area contributed by atoms with Gasteiger partial charge in [0.15, 0.2) is 0 Å². The molecule has 2 aromatic rings. The van der Waals surface area contributed by atoms with Crippen LogP contribution in [-0.2, 0) is 12.2 Å². The molecule has 0 unspecified atom stereocenters. The Labute approximate surface area is 124 Å².